The number of aryl methyl sites for hydroxylation is 1. The second-order valence-electron chi connectivity index (χ2n) is 4.66. The summed E-state index contributed by atoms with van der Waals surface area (Å²) in [7, 11) is 0. The number of pyridine rings is 1. The maximum atomic E-state index is 5.73. The fourth-order valence-corrected chi connectivity index (χ4v) is 2.87. The minimum Gasteiger partial charge on any atom is -0.376 e. The molecule has 0 radical (unpaired) electrons. The van der Waals surface area contributed by atoms with Gasteiger partial charge in [0.1, 0.15) is 0 Å². The van der Waals surface area contributed by atoms with Crippen LogP contribution in [0.4, 0.5) is 0 Å². The zero-order valence-corrected chi connectivity index (χ0v) is 12.8. The van der Waals surface area contributed by atoms with Crippen molar-refractivity contribution in [1.29, 1.82) is 0 Å². The second-order valence-corrected chi connectivity index (χ2v) is 5.91. The lowest BCUT2D eigenvalue weighted by molar-refractivity contribution is 0.121. The summed E-state index contributed by atoms with van der Waals surface area (Å²) < 4.78 is 5.73. The van der Waals surface area contributed by atoms with E-state index >= 15 is 0 Å². The number of ether oxygens (including phenoxy) is 1. The van der Waals surface area contributed by atoms with Crippen LogP contribution in [0.15, 0.2) is 36.7 Å². The van der Waals surface area contributed by atoms with Gasteiger partial charge in [-0.3, -0.25) is 4.98 Å². The number of nitrogens with zero attached hydrogens (tertiary/aromatic N) is 1. The van der Waals surface area contributed by atoms with Crippen LogP contribution in [0.1, 0.15) is 28.7 Å². The molecule has 0 aliphatic heterocycles. The van der Waals surface area contributed by atoms with Crippen LogP contribution in [0.3, 0.4) is 0 Å². The lowest BCUT2D eigenvalue weighted by Gasteiger charge is -2.03. The van der Waals surface area contributed by atoms with Gasteiger partial charge in [-0.05, 0) is 49.2 Å². The smallest absolute Gasteiger partial charge is 0.0809 e. The first-order valence-electron chi connectivity index (χ1n) is 7.13. The maximum Gasteiger partial charge on any atom is 0.0809 e. The van der Waals surface area contributed by atoms with Gasteiger partial charge in [-0.1, -0.05) is 6.92 Å². The van der Waals surface area contributed by atoms with Gasteiger partial charge in [0, 0.05) is 35.3 Å². The Hall–Kier alpha value is -1.23. The minimum absolute atomic E-state index is 0.729. The Labute approximate surface area is 125 Å². The van der Waals surface area contributed by atoms with Crippen molar-refractivity contribution in [3.05, 3.63) is 52.0 Å². The first kappa shape index (κ1) is 15.2. The van der Waals surface area contributed by atoms with Crippen molar-refractivity contribution < 1.29 is 4.74 Å². The molecule has 0 aliphatic rings. The van der Waals surface area contributed by atoms with Crippen molar-refractivity contribution in [2.75, 3.05) is 13.2 Å². The fourth-order valence-electron chi connectivity index (χ4n) is 1.94. The predicted molar refractivity (Wildman–Crippen MR) is 83.9 cm³/mol. The summed E-state index contributed by atoms with van der Waals surface area (Å²) in [5, 5.41) is 3.34. The van der Waals surface area contributed by atoms with E-state index in [1.54, 1.807) is 0 Å². The topological polar surface area (TPSA) is 34.1 Å². The van der Waals surface area contributed by atoms with E-state index < -0.39 is 0 Å². The lowest BCUT2D eigenvalue weighted by Crippen LogP contribution is -2.10. The number of rotatable bonds is 9. The van der Waals surface area contributed by atoms with Crippen molar-refractivity contribution in [3.8, 4) is 0 Å². The third-order valence-corrected chi connectivity index (χ3v) is 4.07. The first-order chi connectivity index (χ1) is 9.88. The van der Waals surface area contributed by atoms with Gasteiger partial charge in [0.15, 0.2) is 0 Å². The predicted octanol–water partition coefficient (Wildman–Crippen LogP) is 3.40. The molecule has 0 amide bonds. The zero-order chi connectivity index (χ0) is 14.0. The van der Waals surface area contributed by atoms with Crippen molar-refractivity contribution in [2.24, 2.45) is 0 Å². The third-order valence-electron chi connectivity index (χ3n) is 3.01. The normalized spacial score (nSPS) is 10.8. The molecule has 108 valence electrons. The highest BCUT2D eigenvalue weighted by atomic mass is 32.1. The van der Waals surface area contributed by atoms with E-state index in [4.69, 9.17) is 4.74 Å². The van der Waals surface area contributed by atoms with Crippen molar-refractivity contribution in [1.82, 2.24) is 10.3 Å². The molecule has 2 aromatic rings. The number of aromatic nitrogens is 1. The molecule has 2 heterocycles. The van der Waals surface area contributed by atoms with E-state index in [-0.39, 0.29) is 0 Å². The molecule has 20 heavy (non-hydrogen) atoms. The summed E-state index contributed by atoms with van der Waals surface area (Å²) in [6.07, 6.45) is 5.79. The summed E-state index contributed by atoms with van der Waals surface area (Å²) in [6, 6.07) is 8.47. The van der Waals surface area contributed by atoms with Crippen molar-refractivity contribution in [3.63, 3.8) is 0 Å². The molecular formula is C16H22N2OS. The molecule has 0 bridgehead atoms. The monoisotopic (exact) mass is 290 g/mol. The van der Waals surface area contributed by atoms with Gasteiger partial charge >= 0.3 is 0 Å². The van der Waals surface area contributed by atoms with Gasteiger partial charge < -0.3 is 10.1 Å². The largest absolute Gasteiger partial charge is 0.376 e. The third kappa shape index (κ3) is 5.41. The van der Waals surface area contributed by atoms with Crippen LogP contribution in [-0.4, -0.2) is 18.1 Å². The van der Waals surface area contributed by atoms with E-state index in [0.717, 1.165) is 39.1 Å². The Bertz CT molecular complexity index is 484. The van der Waals surface area contributed by atoms with E-state index in [9.17, 15) is 0 Å². The fraction of sp³-hybridized carbons (Fsp3) is 0.438. The molecular weight excluding hydrogens is 268 g/mol. The molecule has 0 atom stereocenters. The lowest BCUT2D eigenvalue weighted by atomic mass is 10.1. The molecule has 0 saturated carbocycles. The Kier molecular flexibility index (Phi) is 6.71. The molecule has 0 aliphatic carbocycles. The molecule has 1 N–H and O–H groups in total. The quantitative estimate of drug-likeness (QED) is 0.719. The molecule has 0 spiro atoms. The van der Waals surface area contributed by atoms with Gasteiger partial charge in [0.2, 0.25) is 0 Å². The van der Waals surface area contributed by atoms with Gasteiger partial charge in [0.25, 0.3) is 0 Å². The SMILES string of the molecule is CCNCc1ccc(COCCCc2ccncc2)s1. The van der Waals surface area contributed by atoms with E-state index in [1.807, 2.05) is 23.7 Å². The standard InChI is InChI=1S/C16H22N2OS/c1-2-17-12-15-5-6-16(20-15)13-19-11-3-4-14-7-9-18-10-8-14/h5-10,17H,2-4,11-13H2,1H3. The number of hydrogen-bond donors (Lipinski definition) is 1. The molecule has 2 rings (SSSR count). The summed E-state index contributed by atoms with van der Waals surface area (Å²) in [6.45, 7) is 5.64. The molecule has 0 unspecified atom stereocenters. The van der Waals surface area contributed by atoms with E-state index in [0.29, 0.717) is 0 Å². The molecule has 0 fully saturated rings. The highest BCUT2D eigenvalue weighted by molar-refractivity contribution is 7.11. The van der Waals surface area contributed by atoms with Gasteiger partial charge in [-0.15, -0.1) is 11.3 Å². The summed E-state index contributed by atoms with van der Waals surface area (Å²) in [5.74, 6) is 0. The molecule has 0 saturated heterocycles. The average Bonchev–Trinajstić information content (AvgIpc) is 2.94. The Morgan fingerprint density at radius 3 is 2.75 bits per heavy atom. The minimum atomic E-state index is 0.729. The Morgan fingerprint density at radius 2 is 1.95 bits per heavy atom. The van der Waals surface area contributed by atoms with E-state index in [1.165, 1.54) is 15.3 Å². The highest BCUT2D eigenvalue weighted by Crippen LogP contribution is 2.17. The Balaban J connectivity index is 1.60. The first-order valence-corrected chi connectivity index (χ1v) is 7.95. The van der Waals surface area contributed by atoms with Crippen LogP contribution >= 0.6 is 11.3 Å². The molecule has 2 aromatic heterocycles. The second kappa shape index (κ2) is 8.84. The van der Waals surface area contributed by atoms with Crippen LogP contribution in [0.2, 0.25) is 0 Å². The number of nitrogens with one attached hydrogen (secondary N) is 1. The Morgan fingerprint density at radius 1 is 1.15 bits per heavy atom. The molecule has 4 heteroatoms. The van der Waals surface area contributed by atoms with Gasteiger partial charge in [-0.25, -0.2) is 0 Å². The molecule has 0 aromatic carbocycles. The van der Waals surface area contributed by atoms with Crippen LogP contribution in [0, 0.1) is 0 Å². The van der Waals surface area contributed by atoms with E-state index in [2.05, 4.69) is 41.5 Å². The summed E-state index contributed by atoms with van der Waals surface area (Å²) >= 11 is 1.83. The number of thiophene rings is 1. The zero-order valence-electron chi connectivity index (χ0n) is 12.0. The number of hydrogen-bond acceptors (Lipinski definition) is 4. The van der Waals surface area contributed by atoms with Gasteiger partial charge in [-0.2, -0.15) is 0 Å². The van der Waals surface area contributed by atoms with Crippen molar-refractivity contribution >= 4 is 11.3 Å². The van der Waals surface area contributed by atoms with Crippen molar-refractivity contribution in [2.45, 2.75) is 32.9 Å². The molecule has 3 nitrogen and oxygen atoms in total. The van der Waals surface area contributed by atoms with Crippen LogP contribution in [-0.2, 0) is 24.3 Å². The van der Waals surface area contributed by atoms with Crippen LogP contribution in [0.5, 0.6) is 0 Å². The maximum absolute atomic E-state index is 5.73. The van der Waals surface area contributed by atoms with Crippen LogP contribution in [0.25, 0.3) is 0 Å². The van der Waals surface area contributed by atoms with Crippen LogP contribution < -0.4 is 5.32 Å². The average molecular weight is 290 g/mol. The summed E-state index contributed by atoms with van der Waals surface area (Å²) in [5.41, 5.74) is 1.33. The van der Waals surface area contributed by atoms with Gasteiger partial charge in [0.05, 0.1) is 6.61 Å². The summed E-state index contributed by atoms with van der Waals surface area (Å²) in [4.78, 5) is 6.70. The highest BCUT2D eigenvalue weighted by Gasteiger charge is 2.00.